The molecule has 0 radical (unpaired) electrons. The first-order valence-corrected chi connectivity index (χ1v) is 7.44. The van der Waals surface area contributed by atoms with Gasteiger partial charge in [-0.2, -0.15) is 0 Å². The zero-order valence-corrected chi connectivity index (χ0v) is 12.6. The van der Waals surface area contributed by atoms with Crippen molar-refractivity contribution in [2.24, 2.45) is 5.73 Å². The normalized spacial score (nSPS) is 19.1. The van der Waals surface area contributed by atoms with Crippen LogP contribution in [0.25, 0.3) is 0 Å². The minimum atomic E-state index is -0.484. The number of halogens is 2. The van der Waals surface area contributed by atoms with E-state index in [1.807, 2.05) is 4.90 Å². The molecule has 0 bridgehead atoms. The van der Waals surface area contributed by atoms with E-state index in [0.717, 1.165) is 25.7 Å². The number of hydrogen-bond donors (Lipinski definition) is 1. The van der Waals surface area contributed by atoms with Crippen molar-refractivity contribution in [1.82, 2.24) is 0 Å². The van der Waals surface area contributed by atoms with Gasteiger partial charge in [0.25, 0.3) is 5.69 Å². The van der Waals surface area contributed by atoms with Crippen LogP contribution in [-0.2, 0) is 0 Å². The number of piperidine rings is 1. The molecule has 0 saturated carbocycles. The van der Waals surface area contributed by atoms with Crippen molar-refractivity contribution in [3.8, 4) is 0 Å². The minimum Gasteiger partial charge on any atom is -0.363 e. The van der Waals surface area contributed by atoms with Crippen LogP contribution in [0.2, 0.25) is 0 Å². The summed E-state index contributed by atoms with van der Waals surface area (Å²) >= 11 is 3.00. The highest BCUT2D eigenvalue weighted by Crippen LogP contribution is 2.37. The summed E-state index contributed by atoms with van der Waals surface area (Å²) in [5.41, 5.74) is 5.90. The fourth-order valence-corrected chi connectivity index (χ4v) is 3.04. The lowest BCUT2D eigenvalue weighted by atomic mass is 9.98. The van der Waals surface area contributed by atoms with E-state index in [1.165, 1.54) is 12.1 Å². The fourth-order valence-electron chi connectivity index (χ4n) is 2.71. The van der Waals surface area contributed by atoms with Gasteiger partial charge in [-0.3, -0.25) is 10.1 Å². The second-order valence-electron chi connectivity index (χ2n) is 4.93. The fraction of sp³-hybridized carbons (Fsp3) is 0.538. The van der Waals surface area contributed by atoms with Gasteiger partial charge in [-0.15, -0.1) is 0 Å². The molecule has 1 atom stereocenters. The summed E-state index contributed by atoms with van der Waals surface area (Å²) in [5.74, 6) is -0.484. The molecule has 7 heteroatoms. The smallest absolute Gasteiger partial charge is 0.293 e. The van der Waals surface area contributed by atoms with Crippen LogP contribution >= 0.6 is 15.9 Å². The molecule has 1 saturated heterocycles. The molecule has 0 aliphatic carbocycles. The first-order valence-electron chi connectivity index (χ1n) is 6.64. The van der Waals surface area contributed by atoms with E-state index < -0.39 is 10.7 Å². The summed E-state index contributed by atoms with van der Waals surface area (Å²) in [7, 11) is 0. The largest absolute Gasteiger partial charge is 0.363 e. The summed E-state index contributed by atoms with van der Waals surface area (Å²) in [5, 5.41) is 11.2. The molecule has 0 aromatic heterocycles. The van der Waals surface area contributed by atoms with Crippen molar-refractivity contribution in [3.63, 3.8) is 0 Å². The number of rotatable bonds is 4. The molecular weight excluding hydrogens is 329 g/mol. The van der Waals surface area contributed by atoms with Crippen molar-refractivity contribution < 1.29 is 9.31 Å². The highest BCUT2D eigenvalue weighted by atomic mass is 79.9. The molecule has 110 valence electrons. The summed E-state index contributed by atoms with van der Waals surface area (Å²) < 4.78 is 13.9. The molecule has 5 nitrogen and oxygen atoms in total. The summed E-state index contributed by atoms with van der Waals surface area (Å²) in [4.78, 5) is 12.7. The molecule has 2 N–H and O–H groups in total. The summed E-state index contributed by atoms with van der Waals surface area (Å²) in [6.45, 7) is 1.22. The van der Waals surface area contributed by atoms with E-state index in [0.29, 0.717) is 18.8 Å². The third-order valence-electron chi connectivity index (χ3n) is 3.65. The number of nitro groups is 1. The molecule has 0 spiro atoms. The van der Waals surface area contributed by atoms with Crippen LogP contribution in [0.5, 0.6) is 0 Å². The molecule has 1 heterocycles. The van der Waals surface area contributed by atoms with Gasteiger partial charge in [0, 0.05) is 24.7 Å². The Bertz CT molecular complexity index is 511. The van der Waals surface area contributed by atoms with Gasteiger partial charge in [-0.25, -0.2) is 4.39 Å². The quantitative estimate of drug-likeness (QED) is 0.671. The van der Waals surface area contributed by atoms with Crippen LogP contribution in [0, 0.1) is 15.9 Å². The van der Waals surface area contributed by atoms with Gasteiger partial charge in [0.15, 0.2) is 0 Å². The van der Waals surface area contributed by atoms with Crippen molar-refractivity contribution in [2.75, 3.05) is 18.0 Å². The maximum Gasteiger partial charge on any atom is 0.293 e. The highest BCUT2D eigenvalue weighted by Gasteiger charge is 2.29. The SMILES string of the molecule is NCCC1CCCCN1c1cc(F)c(Br)cc1[N+](=O)[O-]. The van der Waals surface area contributed by atoms with E-state index in [1.54, 1.807) is 0 Å². The summed E-state index contributed by atoms with van der Waals surface area (Å²) in [6, 6.07) is 2.63. The lowest BCUT2D eigenvalue weighted by Crippen LogP contribution is -2.41. The lowest BCUT2D eigenvalue weighted by Gasteiger charge is -2.37. The maximum atomic E-state index is 13.8. The second-order valence-corrected chi connectivity index (χ2v) is 5.79. The molecule has 1 aromatic rings. The first-order chi connectivity index (χ1) is 9.54. The number of benzene rings is 1. The lowest BCUT2D eigenvalue weighted by molar-refractivity contribution is -0.384. The Morgan fingerprint density at radius 3 is 2.90 bits per heavy atom. The van der Waals surface area contributed by atoms with Crippen molar-refractivity contribution in [2.45, 2.75) is 31.7 Å². The number of nitro benzene ring substituents is 1. The molecule has 20 heavy (non-hydrogen) atoms. The predicted octanol–water partition coefficient (Wildman–Crippen LogP) is 3.20. The highest BCUT2D eigenvalue weighted by molar-refractivity contribution is 9.10. The monoisotopic (exact) mass is 345 g/mol. The van der Waals surface area contributed by atoms with Crippen LogP contribution in [0.1, 0.15) is 25.7 Å². The standard InChI is InChI=1S/C13H17BrFN3O2/c14-10-7-13(18(19)20)12(8-11(10)15)17-6-2-1-3-9(17)4-5-16/h7-9H,1-6,16H2. The molecule has 1 aromatic carbocycles. The van der Waals surface area contributed by atoms with Crippen molar-refractivity contribution >= 4 is 27.3 Å². The van der Waals surface area contributed by atoms with Gasteiger partial charge >= 0.3 is 0 Å². The topological polar surface area (TPSA) is 72.4 Å². The molecule has 0 amide bonds. The average molecular weight is 346 g/mol. The van der Waals surface area contributed by atoms with E-state index in [9.17, 15) is 14.5 Å². The Balaban J connectivity index is 2.43. The molecule has 2 rings (SSSR count). The Labute approximate surface area is 125 Å². The number of anilines is 1. The zero-order chi connectivity index (χ0) is 14.7. The number of nitrogens with zero attached hydrogens (tertiary/aromatic N) is 2. The van der Waals surface area contributed by atoms with E-state index in [4.69, 9.17) is 5.73 Å². The molecule has 1 fully saturated rings. The Morgan fingerprint density at radius 2 is 2.25 bits per heavy atom. The third kappa shape index (κ3) is 3.09. The minimum absolute atomic E-state index is 0.0674. The van der Waals surface area contributed by atoms with Gasteiger partial charge in [-0.1, -0.05) is 0 Å². The van der Waals surface area contributed by atoms with Crippen molar-refractivity contribution in [3.05, 3.63) is 32.5 Å². The van der Waals surface area contributed by atoms with E-state index >= 15 is 0 Å². The van der Waals surface area contributed by atoms with Gasteiger partial charge < -0.3 is 10.6 Å². The Morgan fingerprint density at radius 1 is 1.50 bits per heavy atom. The van der Waals surface area contributed by atoms with Crippen LogP contribution in [0.3, 0.4) is 0 Å². The average Bonchev–Trinajstić information content (AvgIpc) is 2.42. The van der Waals surface area contributed by atoms with Gasteiger partial charge in [0.05, 0.1) is 9.40 Å². The molecular formula is C13H17BrFN3O2. The van der Waals surface area contributed by atoms with E-state index in [2.05, 4.69) is 15.9 Å². The first kappa shape index (κ1) is 15.2. The molecule has 1 aliphatic rings. The van der Waals surface area contributed by atoms with Gasteiger partial charge in [-0.05, 0) is 48.2 Å². The number of nitrogens with two attached hydrogens (primary N) is 1. The van der Waals surface area contributed by atoms with Crippen LogP contribution in [0.15, 0.2) is 16.6 Å². The Hall–Kier alpha value is -1.21. The van der Waals surface area contributed by atoms with Gasteiger partial charge in [0.1, 0.15) is 11.5 Å². The van der Waals surface area contributed by atoms with Gasteiger partial charge in [0.2, 0.25) is 0 Å². The number of hydrogen-bond acceptors (Lipinski definition) is 4. The molecule has 1 unspecified atom stereocenters. The predicted molar refractivity (Wildman–Crippen MR) is 79.4 cm³/mol. The second kappa shape index (κ2) is 6.49. The Kier molecular flexibility index (Phi) is 4.93. The summed E-state index contributed by atoms with van der Waals surface area (Å²) in [6.07, 6.45) is 3.73. The molecule has 1 aliphatic heterocycles. The third-order valence-corrected chi connectivity index (χ3v) is 4.26. The maximum absolute atomic E-state index is 13.8. The zero-order valence-electron chi connectivity index (χ0n) is 11.0. The van der Waals surface area contributed by atoms with Crippen LogP contribution in [0.4, 0.5) is 15.8 Å². The van der Waals surface area contributed by atoms with Crippen LogP contribution in [-0.4, -0.2) is 24.1 Å². The van der Waals surface area contributed by atoms with Crippen LogP contribution < -0.4 is 10.6 Å². The van der Waals surface area contributed by atoms with Crippen molar-refractivity contribution in [1.29, 1.82) is 0 Å². The van der Waals surface area contributed by atoms with E-state index in [-0.39, 0.29) is 16.2 Å².